The van der Waals surface area contributed by atoms with Crippen molar-refractivity contribution in [2.75, 3.05) is 24.0 Å². The maximum atomic E-state index is 12.6. The Labute approximate surface area is 183 Å². The number of carboxylic acids is 2. The smallest absolute Gasteiger partial charge is 0.325 e. The summed E-state index contributed by atoms with van der Waals surface area (Å²) in [6.07, 6.45) is 3.47. The van der Waals surface area contributed by atoms with Crippen molar-refractivity contribution in [3.8, 4) is 0 Å². The van der Waals surface area contributed by atoms with Gasteiger partial charge in [0.25, 0.3) is 0 Å². The molecular weight excluding hydrogens is 436 g/mol. The van der Waals surface area contributed by atoms with Crippen LogP contribution in [0.25, 0.3) is 0 Å². The number of rotatable bonds is 15. The summed E-state index contributed by atoms with van der Waals surface area (Å²) in [6, 6.07) is -4.61. The molecule has 0 saturated carbocycles. The maximum absolute atomic E-state index is 12.6. The van der Waals surface area contributed by atoms with Gasteiger partial charge in [0.1, 0.15) is 18.1 Å². The van der Waals surface area contributed by atoms with Gasteiger partial charge in [-0.1, -0.05) is 0 Å². The van der Waals surface area contributed by atoms with Crippen molar-refractivity contribution < 1.29 is 34.2 Å². The quantitative estimate of drug-likeness (QED) is 0.172. The Morgan fingerprint density at radius 3 is 1.83 bits per heavy atom. The first kappa shape index (κ1) is 28.0. The molecule has 0 bridgehead atoms. The standard InChI is InChI=1S/C17H30N4O7S2/c1-9(17(27)28)19-15(25)11(5-7-30-3)20-16(26)12(8-13(22)23)21-14(24)10(18)4-6-29-2/h9-12H,4-8,18H2,1-3H3,(H,19,25)(H,20,26)(H,21,24)(H,22,23)(H,27,28). The van der Waals surface area contributed by atoms with Gasteiger partial charge in [0.15, 0.2) is 0 Å². The van der Waals surface area contributed by atoms with Crippen LogP contribution in [-0.2, 0) is 24.0 Å². The molecule has 0 aliphatic rings. The first-order valence-corrected chi connectivity index (χ1v) is 11.9. The summed E-state index contributed by atoms with van der Waals surface area (Å²) in [5, 5.41) is 25.0. The molecule has 0 aromatic carbocycles. The van der Waals surface area contributed by atoms with E-state index in [1.54, 1.807) is 6.26 Å². The molecule has 0 aliphatic carbocycles. The molecule has 4 unspecified atom stereocenters. The lowest BCUT2D eigenvalue weighted by molar-refractivity contribution is -0.143. The number of thioether (sulfide) groups is 2. The average Bonchev–Trinajstić information content (AvgIpc) is 2.67. The number of carbonyl (C=O) groups excluding carboxylic acids is 3. The van der Waals surface area contributed by atoms with Crippen LogP contribution in [0.4, 0.5) is 0 Å². The molecule has 0 aromatic heterocycles. The number of hydrogen-bond donors (Lipinski definition) is 6. The van der Waals surface area contributed by atoms with Crippen LogP contribution in [0.2, 0.25) is 0 Å². The molecule has 0 radical (unpaired) electrons. The second-order valence-corrected chi connectivity index (χ2v) is 8.43. The number of carbonyl (C=O) groups is 5. The van der Waals surface area contributed by atoms with Crippen LogP contribution in [0, 0.1) is 0 Å². The van der Waals surface area contributed by atoms with Gasteiger partial charge in [-0.3, -0.25) is 24.0 Å². The zero-order chi connectivity index (χ0) is 23.3. The van der Waals surface area contributed by atoms with E-state index in [0.29, 0.717) is 17.9 Å². The molecule has 0 spiro atoms. The molecular formula is C17H30N4O7S2. The molecule has 13 heteroatoms. The fourth-order valence-electron chi connectivity index (χ4n) is 2.19. The van der Waals surface area contributed by atoms with Crippen molar-refractivity contribution in [3.05, 3.63) is 0 Å². The molecule has 30 heavy (non-hydrogen) atoms. The molecule has 0 rings (SSSR count). The third kappa shape index (κ3) is 11.3. The lowest BCUT2D eigenvalue weighted by atomic mass is 10.1. The second-order valence-electron chi connectivity index (χ2n) is 6.46. The van der Waals surface area contributed by atoms with Crippen LogP contribution in [0.15, 0.2) is 0 Å². The lowest BCUT2D eigenvalue weighted by Gasteiger charge is -2.24. The minimum absolute atomic E-state index is 0.187. The van der Waals surface area contributed by atoms with Crippen LogP contribution in [0.1, 0.15) is 26.2 Å². The fourth-order valence-corrected chi connectivity index (χ4v) is 3.15. The molecule has 0 aliphatic heterocycles. The average molecular weight is 467 g/mol. The second kappa shape index (κ2) is 14.9. The zero-order valence-electron chi connectivity index (χ0n) is 17.2. The molecule has 172 valence electrons. The topological polar surface area (TPSA) is 188 Å². The van der Waals surface area contributed by atoms with E-state index in [-0.39, 0.29) is 6.42 Å². The Morgan fingerprint density at radius 1 is 0.833 bits per heavy atom. The van der Waals surface area contributed by atoms with Crippen molar-refractivity contribution in [2.45, 2.75) is 50.4 Å². The van der Waals surface area contributed by atoms with Crippen LogP contribution < -0.4 is 21.7 Å². The van der Waals surface area contributed by atoms with Crippen LogP contribution in [0.5, 0.6) is 0 Å². The van der Waals surface area contributed by atoms with Crippen molar-refractivity contribution in [1.82, 2.24) is 16.0 Å². The number of amides is 3. The Hall–Kier alpha value is -1.99. The van der Waals surface area contributed by atoms with Gasteiger partial charge in [-0.05, 0) is 43.8 Å². The number of aliphatic carboxylic acids is 2. The third-order valence-electron chi connectivity index (χ3n) is 3.95. The summed E-state index contributed by atoms with van der Waals surface area (Å²) < 4.78 is 0. The predicted octanol–water partition coefficient (Wildman–Crippen LogP) is -1.15. The van der Waals surface area contributed by atoms with E-state index >= 15 is 0 Å². The molecule has 0 fully saturated rings. The summed E-state index contributed by atoms with van der Waals surface area (Å²) in [4.78, 5) is 59.3. The molecule has 7 N–H and O–H groups in total. The predicted molar refractivity (Wildman–Crippen MR) is 115 cm³/mol. The highest BCUT2D eigenvalue weighted by Gasteiger charge is 2.30. The normalized spacial score (nSPS) is 14.7. The molecule has 11 nitrogen and oxygen atoms in total. The largest absolute Gasteiger partial charge is 0.481 e. The van der Waals surface area contributed by atoms with Crippen molar-refractivity contribution in [1.29, 1.82) is 0 Å². The van der Waals surface area contributed by atoms with E-state index in [1.807, 2.05) is 6.26 Å². The Morgan fingerprint density at radius 2 is 1.33 bits per heavy atom. The number of carboxylic acid groups (broad SMARTS) is 2. The molecule has 0 heterocycles. The molecule has 0 aromatic rings. The monoisotopic (exact) mass is 466 g/mol. The van der Waals surface area contributed by atoms with Gasteiger partial charge in [0.05, 0.1) is 12.5 Å². The minimum atomic E-state index is -1.43. The highest BCUT2D eigenvalue weighted by atomic mass is 32.2. The van der Waals surface area contributed by atoms with E-state index in [4.69, 9.17) is 15.9 Å². The summed E-state index contributed by atoms with van der Waals surface area (Å²) in [5.74, 6) is -3.73. The highest BCUT2D eigenvalue weighted by Crippen LogP contribution is 2.05. The van der Waals surface area contributed by atoms with Gasteiger partial charge in [-0.15, -0.1) is 0 Å². The van der Waals surface area contributed by atoms with E-state index in [9.17, 15) is 24.0 Å². The number of hydrogen-bond acceptors (Lipinski definition) is 8. The zero-order valence-corrected chi connectivity index (χ0v) is 18.8. The summed E-state index contributed by atoms with van der Waals surface area (Å²) in [7, 11) is 0. The van der Waals surface area contributed by atoms with E-state index in [2.05, 4.69) is 16.0 Å². The van der Waals surface area contributed by atoms with Crippen molar-refractivity contribution in [3.63, 3.8) is 0 Å². The van der Waals surface area contributed by atoms with Gasteiger partial charge in [-0.25, -0.2) is 0 Å². The SMILES string of the molecule is CSCCC(N)C(=O)NC(CC(=O)O)C(=O)NC(CCSC)C(=O)NC(C)C(=O)O. The Kier molecular flexibility index (Phi) is 13.9. The van der Waals surface area contributed by atoms with Gasteiger partial charge >= 0.3 is 11.9 Å². The molecule has 4 atom stereocenters. The minimum Gasteiger partial charge on any atom is -0.481 e. The summed E-state index contributed by atoms with van der Waals surface area (Å²) in [6.45, 7) is 1.27. The summed E-state index contributed by atoms with van der Waals surface area (Å²) in [5.41, 5.74) is 5.75. The highest BCUT2D eigenvalue weighted by molar-refractivity contribution is 7.98. The van der Waals surface area contributed by atoms with Crippen molar-refractivity contribution >= 4 is 53.2 Å². The van der Waals surface area contributed by atoms with Crippen LogP contribution >= 0.6 is 23.5 Å². The maximum Gasteiger partial charge on any atom is 0.325 e. The molecule has 3 amide bonds. The van der Waals surface area contributed by atoms with Gasteiger partial charge in [-0.2, -0.15) is 23.5 Å². The van der Waals surface area contributed by atoms with E-state index < -0.39 is 60.2 Å². The number of nitrogens with one attached hydrogen (secondary N) is 3. The molecule has 0 saturated heterocycles. The fraction of sp³-hybridized carbons (Fsp3) is 0.706. The van der Waals surface area contributed by atoms with Gasteiger partial charge in [0.2, 0.25) is 17.7 Å². The van der Waals surface area contributed by atoms with Crippen LogP contribution in [0.3, 0.4) is 0 Å². The Balaban J connectivity index is 5.26. The van der Waals surface area contributed by atoms with Gasteiger partial charge in [0, 0.05) is 0 Å². The van der Waals surface area contributed by atoms with Crippen LogP contribution in [-0.4, -0.2) is 88.1 Å². The Bertz CT molecular complexity index is 621. The first-order valence-electron chi connectivity index (χ1n) is 9.12. The first-order chi connectivity index (χ1) is 14.0. The van der Waals surface area contributed by atoms with E-state index in [1.165, 1.54) is 30.4 Å². The summed E-state index contributed by atoms with van der Waals surface area (Å²) >= 11 is 2.90. The third-order valence-corrected chi connectivity index (χ3v) is 5.24. The number of nitrogens with two attached hydrogens (primary N) is 1. The van der Waals surface area contributed by atoms with Crippen molar-refractivity contribution in [2.24, 2.45) is 5.73 Å². The lowest BCUT2D eigenvalue weighted by Crippen LogP contribution is -2.57. The van der Waals surface area contributed by atoms with E-state index in [0.717, 1.165) is 0 Å². The van der Waals surface area contributed by atoms with Gasteiger partial charge < -0.3 is 31.9 Å².